The van der Waals surface area contributed by atoms with Crippen LogP contribution in [-0.4, -0.2) is 23.0 Å². The summed E-state index contributed by atoms with van der Waals surface area (Å²) in [7, 11) is 0. The van der Waals surface area contributed by atoms with Crippen molar-refractivity contribution in [3.63, 3.8) is 0 Å². The first kappa shape index (κ1) is 14.2. The van der Waals surface area contributed by atoms with Gasteiger partial charge in [0.05, 0.1) is 11.6 Å². The molecular formula is C13H18N2O3. The van der Waals surface area contributed by atoms with E-state index in [0.717, 1.165) is 6.42 Å². The van der Waals surface area contributed by atoms with Crippen LogP contribution in [0.1, 0.15) is 35.7 Å². The molecule has 0 heterocycles. The van der Waals surface area contributed by atoms with Gasteiger partial charge >= 0.3 is 5.97 Å². The predicted octanol–water partition coefficient (Wildman–Crippen LogP) is 1.76. The Hall–Kier alpha value is -1.88. The van der Waals surface area contributed by atoms with E-state index in [0.29, 0.717) is 17.7 Å². The van der Waals surface area contributed by atoms with Crippen molar-refractivity contribution in [3.05, 3.63) is 29.3 Å². The number of amides is 1. The monoisotopic (exact) mass is 250 g/mol. The average Bonchev–Trinajstić information content (AvgIpc) is 2.28. The van der Waals surface area contributed by atoms with Crippen molar-refractivity contribution in [1.82, 2.24) is 0 Å². The summed E-state index contributed by atoms with van der Waals surface area (Å²) in [6.07, 6.45) is 1.46. The van der Waals surface area contributed by atoms with Crippen LogP contribution in [-0.2, 0) is 4.79 Å². The van der Waals surface area contributed by atoms with Crippen LogP contribution in [0.15, 0.2) is 18.2 Å². The summed E-state index contributed by atoms with van der Waals surface area (Å²) < 4.78 is 0. The molecule has 1 aromatic rings. The van der Waals surface area contributed by atoms with Crippen LogP contribution in [0.25, 0.3) is 0 Å². The lowest BCUT2D eigenvalue weighted by atomic mass is 10.1. The molecule has 1 atom stereocenters. The molecule has 0 aliphatic heterocycles. The number of hydrogen-bond acceptors (Lipinski definition) is 3. The minimum atomic E-state index is -0.979. The number of nitrogens with two attached hydrogens (primary N) is 1. The van der Waals surface area contributed by atoms with E-state index >= 15 is 0 Å². The maximum atomic E-state index is 11.7. The van der Waals surface area contributed by atoms with Gasteiger partial charge in [-0.2, -0.15) is 0 Å². The van der Waals surface area contributed by atoms with Gasteiger partial charge in [0.1, 0.15) is 0 Å². The summed E-state index contributed by atoms with van der Waals surface area (Å²) in [5.41, 5.74) is 7.08. The number of nitrogens with one attached hydrogen (secondary N) is 1. The largest absolute Gasteiger partial charge is 0.478 e. The lowest BCUT2D eigenvalue weighted by Gasteiger charge is -2.12. The Bertz CT molecular complexity index is 458. The molecule has 5 heteroatoms. The quantitative estimate of drug-likeness (QED) is 0.742. The number of anilines is 1. The molecular weight excluding hydrogens is 232 g/mol. The third-order valence-corrected chi connectivity index (χ3v) is 2.66. The molecule has 1 unspecified atom stereocenters. The maximum Gasteiger partial charge on any atom is 0.335 e. The van der Waals surface area contributed by atoms with E-state index in [4.69, 9.17) is 10.8 Å². The number of benzene rings is 1. The summed E-state index contributed by atoms with van der Waals surface area (Å²) >= 11 is 0. The Morgan fingerprint density at radius 3 is 2.61 bits per heavy atom. The number of carbonyl (C=O) groups is 2. The molecule has 98 valence electrons. The van der Waals surface area contributed by atoms with E-state index < -0.39 is 12.0 Å². The molecule has 0 aromatic heterocycles. The van der Waals surface area contributed by atoms with Gasteiger partial charge in [-0.05, 0) is 37.1 Å². The van der Waals surface area contributed by atoms with Crippen molar-refractivity contribution in [2.75, 3.05) is 5.32 Å². The molecule has 0 bridgehead atoms. The van der Waals surface area contributed by atoms with Crippen molar-refractivity contribution in [1.29, 1.82) is 0 Å². The highest BCUT2D eigenvalue weighted by molar-refractivity contribution is 5.96. The Morgan fingerprint density at radius 2 is 2.11 bits per heavy atom. The fourth-order valence-electron chi connectivity index (χ4n) is 1.66. The van der Waals surface area contributed by atoms with Gasteiger partial charge < -0.3 is 16.2 Å². The summed E-state index contributed by atoms with van der Waals surface area (Å²) in [4.78, 5) is 22.5. The number of carboxylic acids is 1. The summed E-state index contributed by atoms with van der Waals surface area (Å²) in [6, 6.07) is 4.13. The highest BCUT2D eigenvalue weighted by Crippen LogP contribution is 2.15. The highest BCUT2D eigenvalue weighted by Gasteiger charge is 2.13. The molecule has 18 heavy (non-hydrogen) atoms. The molecule has 0 aliphatic carbocycles. The molecule has 4 N–H and O–H groups in total. The lowest BCUT2D eigenvalue weighted by Crippen LogP contribution is -2.35. The zero-order valence-electron chi connectivity index (χ0n) is 10.6. The molecule has 5 nitrogen and oxygen atoms in total. The highest BCUT2D eigenvalue weighted by atomic mass is 16.4. The fourth-order valence-corrected chi connectivity index (χ4v) is 1.66. The number of aromatic carboxylic acids is 1. The Labute approximate surface area is 106 Å². The van der Waals surface area contributed by atoms with Gasteiger partial charge in [0, 0.05) is 5.69 Å². The van der Waals surface area contributed by atoms with Gasteiger partial charge in [0.15, 0.2) is 0 Å². The molecule has 1 amide bonds. The summed E-state index contributed by atoms with van der Waals surface area (Å²) in [5.74, 6) is -1.23. The lowest BCUT2D eigenvalue weighted by molar-refractivity contribution is -0.117. The molecule has 0 radical (unpaired) electrons. The van der Waals surface area contributed by atoms with E-state index in [-0.39, 0.29) is 11.5 Å². The molecule has 0 fully saturated rings. The first-order chi connectivity index (χ1) is 8.45. The first-order valence-corrected chi connectivity index (χ1v) is 5.86. The van der Waals surface area contributed by atoms with E-state index in [1.165, 1.54) is 6.07 Å². The summed E-state index contributed by atoms with van der Waals surface area (Å²) in [6.45, 7) is 3.64. The standard InChI is InChI=1S/C13H18N2O3/c1-3-4-11(14)12(16)15-9-5-6-10(13(17)18)8(2)7-9/h5-7,11H,3-4,14H2,1-2H3,(H,15,16)(H,17,18). The SMILES string of the molecule is CCCC(N)C(=O)Nc1ccc(C(=O)O)c(C)c1. The van der Waals surface area contributed by atoms with E-state index in [1.807, 2.05) is 6.92 Å². The second-order valence-corrected chi connectivity index (χ2v) is 4.22. The molecule has 0 saturated carbocycles. The van der Waals surface area contributed by atoms with Crippen LogP contribution in [0.2, 0.25) is 0 Å². The van der Waals surface area contributed by atoms with Gasteiger partial charge in [0.2, 0.25) is 5.91 Å². The smallest absolute Gasteiger partial charge is 0.335 e. The number of aryl methyl sites for hydroxylation is 1. The Kier molecular flexibility index (Phi) is 4.85. The van der Waals surface area contributed by atoms with Crippen LogP contribution < -0.4 is 11.1 Å². The topological polar surface area (TPSA) is 92.4 Å². The molecule has 0 aliphatic rings. The van der Waals surface area contributed by atoms with E-state index in [1.54, 1.807) is 19.1 Å². The van der Waals surface area contributed by atoms with E-state index in [9.17, 15) is 9.59 Å². The Balaban J connectivity index is 2.77. The molecule has 1 aromatic carbocycles. The van der Waals surface area contributed by atoms with Crippen molar-refractivity contribution in [2.24, 2.45) is 5.73 Å². The normalized spacial score (nSPS) is 11.9. The average molecular weight is 250 g/mol. The van der Waals surface area contributed by atoms with Crippen LogP contribution in [0.5, 0.6) is 0 Å². The first-order valence-electron chi connectivity index (χ1n) is 5.86. The molecule has 1 rings (SSSR count). The zero-order chi connectivity index (χ0) is 13.7. The third kappa shape index (κ3) is 3.56. The minimum absolute atomic E-state index is 0.228. The van der Waals surface area contributed by atoms with Crippen molar-refractivity contribution in [3.8, 4) is 0 Å². The number of rotatable bonds is 5. The van der Waals surface area contributed by atoms with Crippen LogP contribution in [0.4, 0.5) is 5.69 Å². The van der Waals surface area contributed by atoms with Crippen LogP contribution >= 0.6 is 0 Å². The van der Waals surface area contributed by atoms with Gasteiger partial charge in [-0.15, -0.1) is 0 Å². The molecule has 0 spiro atoms. The predicted molar refractivity (Wildman–Crippen MR) is 69.7 cm³/mol. The second-order valence-electron chi connectivity index (χ2n) is 4.22. The van der Waals surface area contributed by atoms with Gasteiger partial charge in [-0.1, -0.05) is 13.3 Å². The van der Waals surface area contributed by atoms with Crippen molar-refractivity contribution < 1.29 is 14.7 Å². The summed E-state index contributed by atoms with van der Waals surface area (Å²) in [5, 5.41) is 11.6. The minimum Gasteiger partial charge on any atom is -0.478 e. The Morgan fingerprint density at radius 1 is 1.44 bits per heavy atom. The van der Waals surface area contributed by atoms with Gasteiger partial charge in [0.25, 0.3) is 0 Å². The van der Waals surface area contributed by atoms with Crippen LogP contribution in [0, 0.1) is 6.92 Å². The maximum absolute atomic E-state index is 11.7. The number of carbonyl (C=O) groups excluding carboxylic acids is 1. The van der Waals surface area contributed by atoms with Crippen molar-refractivity contribution in [2.45, 2.75) is 32.7 Å². The second kappa shape index (κ2) is 6.16. The van der Waals surface area contributed by atoms with E-state index in [2.05, 4.69) is 5.32 Å². The number of hydrogen-bond donors (Lipinski definition) is 3. The van der Waals surface area contributed by atoms with Gasteiger partial charge in [-0.3, -0.25) is 4.79 Å². The van der Waals surface area contributed by atoms with Gasteiger partial charge in [-0.25, -0.2) is 4.79 Å². The third-order valence-electron chi connectivity index (χ3n) is 2.66. The molecule has 0 saturated heterocycles. The number of carboxylic acid groups (broad SMARTS) is 1. The van der Waals surface area contributed by atoms with Crippen molar-refractivity contribution >= 4 is 17.6 Å². The zero-order valence-corrected chi connectivity index (χ0v) is 10.6. The van der Waals surface area contributed by atoms with Crippen LogP contribution in [0.3, 0.4) is 0 Å². The fraction of sp³-hybridized carbons (Fsp3) is 0.385.